The molecule has 1 aliphatic carbocycles. The first-order chi connectivity index (χ1) is 9.10. The van der Waals surface area contributed by atoms with Crippen LogP contribution in [0.15, 0.2) is 30.3 Å². The highest BCUT2D eigenvalue weighted by Crippen LogP contribution is 2.43. The first kappa shape index (κ1) is 14.5. The molecule has 2 rings (SSSR count). The van der Waals surface area contributed by atoms with Gasteiger partial charge in [0.2, 0.25) is 0 Å². The Kier molecular flexibility index (Phi) is 4.64. The molecule has 1 aromatic carbocycles. The molecule has 0 spiro atoms. The Bertz CT molecular complexity index is 378. The number of benzene rings is 1. The van der Waals surface area contributed by atoms with E-state index in [4.69, 9.17) is 0 Å². The maximum atomic E-state index is 3.58. The highest BCUT2D eigenvalue weighted by molar-refractivity contribution is 5.24. The average Bonchev–Trinajstić information content (AvgIpc) is 2.43. The van der Waals surface area contributed by atoms with E-state index in [1.165, 1.54) is 31.2 Å². The maximum Gasteiger partial charge on any atom is 0.0504 e. The smallest absolute Gasteiger partial charge is 0.0504 e. The van der Waals surface area contributed by atoms with E-state index < -0.39 is 0 Å². The third kappa shape index (κ3) is 2.85. The maximum absolute atomic E-state index is 3.58. The summed E-state index contributed by atoms with van der Waals surface area (Å²) < 4.78 is 0. The molecular weight excluding hydrogens is 232 g/mol. The third-order valence-corrected chi connectivity index (χ3v) is 4.99. The van der Waals surface area contributed by atoms with Crippen molar-refractivity contribution < 1.29 is 0 Å². The molecule has 1 N–H and O–H groups in total. The molecule has 2 heteroatoms. The topological polar surface area (TPSA) is 15.3 Å². The van der Waals surface area contributed by atoms with Gasteiger partial charge in [-0.2, -0.15) is 0 Å². The summed E-state index contributed by atoms with van der Waals surface area (Å²) in [5, 5.41) is 3.58. The lowest BCUT2D eigenvalue weighted by Gasteiger charge is -2.50. The van der Waals surface area contributed by atoms with Crippen molar-refractivity contribution >= 4 is 0 Å². The Morgan fingerprint density at radius 3 is 2.21 bits per heavy atom. The molecule has 0 amide bonds. The molecule has 2 nitrogen and oxygen atoms in total. The van der Waals surface area contributed by atoms with Gasteiger partial charge in [-0.1, -0.05) is 37.3 Å². The van der Waals surface area contributed by atoms with Crippen molar-refractivity contribution in [2.45, 2.75) is 44.2 Å². The average molecular weight is 260 g/mol. The zero-order chi connectivity index (χ0) is 13.9. The highest BCUT2D eigenvalue weighted by Gasteiger charge is 2.42. The molecule has 1 fully saturated rings. The molecule has 0 aliphatic heterocycles. The van der Waals surface area contributed by atoms with E-state index in [1.54, 1.807) is 0 Å². The van der Waals surface area contributed by atoms with Crippen LogP contribution in [0.25, 0.3) is 0 Å². The lowest BCUT2D eigenvalue weighted by atomic mass is 9.70. The van der Waals surface area contributed by atoms with Gasteiger partial charge in [-0.3, -0.25) is 0 Å². The van der Waals surface area contributed by atoms with Crippen LogP contribution in [0.4, 0.5) is 0 Å². The van der Waals surface area contributed by atoms with Crippen LogP contribution in [0.5, 0.6) is 0 Å². The van der Waals surface area contributed by atoms with Gasteiger partial charge in [-0.05, 0) is 58.3 Å². The fourth-order valence-electron chi connectivity index (χ4n) is 3.65. The Balaban J connectivity index is 2.31. The van der Waals surface area contributed by atoms with Gasteiger partial charge >= 0.3 is 0 Å². The number of nitrogens with zero attached hydrogens (tertiary/aromatic N) is 1. The van der Waals surface area contributed by atoms with E-state index in [-0.39, 0.29) is 5.54 Å². The summed E-state index contributed by atoms with van der Waals surface area (Å²) in [6.07, 6.45) is 5.23. The Morgan fingerprint density at radius 1 is 1.16 bits per heavy atom. The number of hydrogen-bond donors (Lipinski definition) is 1. The molecular formula is C17H28N2. The van der Waals surface area contributed by atoms with E-state index in [2.05, 4.69) is 68.6 Å². The lowest BCUT2D eigenvalue weighted by Crippen LogP contribution is -2.54. The Hall–Kier alpha value is -0.860. The Labute approximate surface area is 118 Å². The first-order valence-corrected chi connectivity index (χ1v) is 7.50. The number of nitrogens with one attached hydrogen (secondary N) is 1. The fraction of sp³-hybridized carbons (Fsp3) is 0.647. The van der Waals surface area contributed by atoms with Gasteiger partial charge in [0.1, 0.15) is 0 Å². The molecule has 0 saturated heterocycles. The highest BCUT2D eigenvalue weighted by atomic mass is 15.2. The second-order valence-corrected chi connectivity index (χ2v) is 6.31. The molecule has 0 heterocycles. The minimum Gasteiger partial charge on any atom is -0.311 e. The van der Waals surface area contributed by atoms with E-state index in [0.29, 0.717) is 6.04 Å². The zero-order valence-electron chi connectivity index (χ0n) is 12.8. The van der Waals surface area contributed by atoms with Gasteiger partial charge in [0.05, 0.1) is 6.04 Å². The molecule has 0 radical (unpaired) electrons. The van der Waals surface area contributed by atoms with Crippen molar-refractivity contribution in [3.63, 3.8) is 0 Å². The molecule has 1 atom stereocenters. The summed E-state index contributed by atoms with van der Waals surface area (Å²) in [6.45, 7) is 2.39. The van der Waals surface area contributed by atoms with Crippen LogP contribution in [0.1, 0.15) is 44.2 Å². The zero-order valence-corrected chi connectivity index (χ0v) is 12.8. The summed E-state index contributed by atoms with van der Waals surface area (Å²) in [7, 11) is 6.58. The van der Waals surface area contributed by atoms with Crippen LogP contribution < -0.4 is 5.32 Å². The van der Waals surface area contributed by atoms with E-state index in [9.17, 15) is 0 Å². The van der Waals surface area contributed by atoms with Gasteiger partial charge in [-0.15, -0.1) is 0 Å². The predicted octanol–water partition coefficient (Wildman–Crippen LogP) is 3.46. The minimum absolute atomic E-state index is 0.253. The van der Waals surface area contributed by atoms with Gasteiger partial charge in [0.15, 0.2) is 0 Å². The second-order valence-electron chi connectivity index (χ2n) is 6.31. The van der Waals surface area contributed by atoms with Crippen LogP contribution in [-0.4, -0.2) is 31.6 Å². The molecule has 19 heavy (non-hydrogen) atoms. The van der Waals surface area contributed by atoms with E-state index >= 15 is 0 Å². The van der Waals surface area contributed by atoms with Crippen LogP contribution >= 0.6 is 0 Å². The monoisotopic (exact) mass is 260 g/mol. The SMILES string of the molecule is CNC(c1ccccc1)C1(N(C)C)CCC(C)CC1. The molecule has 1 saturated carbocycles. The molecule has 106 valence electrons. The summed E-state index contributed by atoms with van der Waals surface area (Å²) in [5.41, 5.74) is 1.66. The van der Waals surface area contributed by atoms with Crippen LogP contribution in [0.2, 0.25) is 0 Å². The van der Waals surface area contributed by atoms with Gasteiger partial charge in [0.25, 0.3) is 0 Å². The number of hydrogen-bond acceptors (Lipinski definition) is 2. The van der Waals surface area contributed by atoms with Crippen LogP contribution in [-0.2, 0) is 0 Å². The third-order valence-electron chi connectivity index (χ3n) is 4.99. The molecule has 1 aliphatic rings. The van der Waals surface area contributed by atoms with Crippen molar-refractivity contribution in [1.82, 2.24) is 10.2 Å². The van der Waals surface area contributed by atoms with Crippen LogP contribution in [0, 0.1) is 5.92 Å². The van der Waals surface area contributed by atoms with Crippen LogP contribution in [0.3, 0.4) is 0 Å². The fourth-order valence-corrected chi connectivity index (χ4v) is 3.65. The summed E-state index contributed by atoms with van der Waals surface area (Å²) >= 11 is 0. The van der Waals surface area contributed by atoms with Crippen molar-refractivity contribution in [2.24, 2.45) is 5.92 Å². The van der Waals surface area contributed by atoms with Crippen molar-refractivity contribution in [2.75, 3.05) is 21.1 Å². The standard InChI is InChI=1S/C17H28N2/c1-14-10-12-17(13-11-14,19(3)4)16(18-2)15-8-6-5-7-9-15/h5-9,14,16,18H,10-13H2,1-4H3. The van der Waals surface area contributed by atoms with Gasteiger partial charge in [0, 0.05) is 5.54 Å². The van der Waals surface area contributed by atoms with E-state index in [1.807, 2.05) is 0 Å². The Morgan fingerprint density at radius 2 is 1.74 bits per heavy atom. The van der Waals surface area contributed by atoms with E-state index in [0.717, 1.165) is 5.92 Å². The minimum atomic E-state index is 0.253. The predicted molar refractivity (Wildman–Crippen MR) is 82.3 cm³/mol. The van der Waals surface area contributed by atoms with Gasteiger partial charge in [-0.25, -0.2) is 0 Å². The normalized spacial score (nSPS) is 29.4. The number of rotatable bonds is 4. The molecule has 0 bridgehead atoms. The van der Waals surface area contributed by atoms with Crippen molar-refractivity contribution in [1.29, 1.82) is 0 Å². The summed E-state index contributed by atoms with van der Waals surface area (Å²) in [6, 6.07) is 11.3. The van der Waals surface area contributed by atoms with Crippen molar-refractivity contribution in [3.8, 4) is 0 Å². The second kappa shape index (κ2) is 6.06. The lowest BCUT2D eigenvalue weighted by molar-refractivity contribution is 0.0455. The quantitative estimate of drug-likeness (QED) is 0.892. The van der Waals surface area contributed by atoms with Gasteiger partial charge < -0.3 is 10.2 Å². The number of likely N-dealkylation sites (N-methyl/N-ethyl adjacent to an activating group) is 2. The largest absolute Gasteiger partial charge is 0.311 e. The molecule has 1 unspecified atom stereocenters. The van der Waals surface area contributed by atoms with Crippen molar-refractivity contribution in [3.05, 3.63) is 35.9 Å². The molecule has 0 aromatic heterocycles. The summed E-state index contributed by atoms with van der Waals surface area (Å²) in [4.78, 5) is 2.45. The first-order valence-electron chi connectivity index (χ1n) is 7.50. The molecule has 1 aromatic rings. The summed E-state index contributed by atoms with van der Waals surface area (Å²) in [5.74, 6) is 0.876.